The summed E-state index contributed by atoms with van der Waals surface area (Å²) < 4.78 is 5.30. The standard InChI is InChI=1S/C23H32O3S/c1-20-8-5-17(27)13-15(20)3-4-19-18(20)6-9-21(2)22(24,10-11-23(19,21)25)16-7-12-26-14-16/h7,12-14,17-19,24-25,27H,3-6,8-11H2,1-2H3/t17?,18-,19-,20+,21-,22?,23-/m1/s1. The van der Waals surface area contributed by atoms with E-state index in [9.17, 15) is 10.2 Å². The molecule has 4 aliphatic carbocycles. The normalized spacial score (nSPS) is 51.9. The highest BCUT2D eigenvalue weighted by atomic mass is 32.1. The number of furan rings is 1. The molecule has 148 valence electrons. The third-order valence-corrected chi connectivity index (χ3v) is 9.83. The minimum atomic E-state index is -1.00. The molecule has 1 heterocycles. The van der Waals surface area contributed by atoms with Gasteiger partial charge in [-0.25, -0.2) is 0 Å². The van der Waals surface area contributed by atoms with Gasteiger partial charge in [-0.3, -0.25) is 0 Å². The summed E-state index contributed by atoms with van der Waals surface area (Å²) in [6, 6.07) is 1.88. The predicted molar refractivity (Wildman–Crippen MR) is 109 cm³/mol. The van der Waals surface area contributed by atoms with Crippen molar-refractivity contribution in [2.45, 2.75) is 81.7 Å². The van der Waals surface area contributed by atoms with Gasteiger partial charge in [0.1, 0.15) is 5.60 Å². The summed E-state index contributed by atoms with van der Waals surface area (Å²) in [7, 11) is 0. The number of rotatable bonds is 1. The van der Waals surface area contributed by atoms with Crippen molar-refractivity contribution in [1.29, 1.82) is 0 Å². The summed E-state index contributed by atoms with van der Waals surface area (Å²) in [5.41, 5.74) is 0.259. The van der Waals surface area contributed by atoms with Crippen molar-refractivity contribution in [2.75, 3.05) is 0 Å². The van der Waals surface area contributed by atoms with Crippen molar-refractivity contribution in [3.8, 4) is 0 Å². The third kappa shape index (κ3) is 2.13. The zero-order valence-electron chi connectivity index (χ0n) is 16.4. The van der Waals surface area contributed by atoms with Gasteiger partial charge in [-0.1, -0.05) is 25.5 Å². The van der Waals surface area contributed by atoms with Gasteiger partial charge in [0.05, 0.1) is 18.1 Å². The second-order valence-corrected chi connectivity index (χ2v) is 10.8. The molecule has 3 saturated carbocycles. The fraction of sp³-hybridized carbons (Fsp3) is 0.739. The van der Waals surface area contributed by atoms with Gasteiger partial charge in [0, 0.05) is 16.2 Å². The Balaban J connectivity index is 1.56. The minimum absolute atomic E-state index is 0.190. The molecule has 0 saturated heterocycles. The molecule has 0 amide bonds. The molecule has 4 heteroatoms. The van der Waals surface area contributed by atoms with E-state index in [0.717, 1.165) is 37.7 Å². The monoisotopic (exact) mass is 388 g/mol. The van der Waals surface area contributed by atoms with Crippen LogP contribution in [0, 0.1) is 22.7 Å². The topological polar surface area (TPSA) is 53.6 Å². The second kappa shape index (κ2) is 5.67. The zero-order chi connectivity index (χ0) is 19.1. The maximum Gasteiger partial charge on any atom is 0.101 e. The Hall–Kier alpha value is -0.710. The third-order valence-electron chi connectivity index (χ3n) is 9.42. The molecular weight excluding hydrogens is 356 g/mol. The van der Waals surface area contributed by atoms with Gasteiger partial charge in [-0.05, 0) is 74.7 Å². The summed E-state index contributed by atoms with van der Waals surface area (Å²) in [5.74, 6) is 0.763. The van der Waals surface area contributed by atoms with Crippen LogP contribution in [0.5, 0.6) is 0 Å². The first kappa shape index (κ1) is 18.3. The van der Waals surface area contributed by atoms with Crippen LogP contribution in [0.1, 0.15) is 70.8 Å². The van der Waals surface area contributed by atoms with Crippen LogP contribution in [0.3, 0.4) is 0 Å². The average molecular weight is 389 g/mol. The first-order chi connectivity index (χ1) is 12.7. The molecule has 1 aromatic rings. The van der Waals surface area contributed by atoms with Gasteiger partial charge in [-0.2, -0.15) is 12.6 Å². The number of hydrogen-bond donors (Lipinski definition) is 3. The maximum atomic E-state index is 12.1. The number of thiol groups is 1. The van der Waals surface area contributed by atoms with E-state index < -0.39 is 16.6 Å². The highest BCUT2D eigenvalue weighted by Gasteiger charge is 2.71. The smallest absolute Gasteiger partial charge is 0.101 e. The van der Waals surface area contributed by atoms with Crippen molar-refractivity contribution in [1.82, 2.24) is 0 Å². The molecule has 0 bridgehead atoms. The van der Waals surface area contributed by atoms with Crippen molar-refractivity contribution in [3.05, 3.63) is 35.8 Å². The van der Waals surface area contributed by atoms with E-state index in [-0.39, 0.29) is 11.3 Å². The fourth-order valence-corrected chi connectivity index (χ4v) is 7.97. The Morgan fingerprint density at radius 1 is 1.04 bits per heavy atom. The summed E-state index contributed by atoms with van der Waals surface area (Å²) >= 11 is 4.71. The number of allylic oxidation sites excluding steroid dienone is 1. The number of aliphatic hydroxyl groups is 2. The van der Waals surface area contributed by atoms with Gasteiger partial charge >= 0.3 is 0 Å². The molecule has 7 atom stereocenters. The summed E-state index contributed by atoms with van der Waals surface area (Å²) in [6.45, 7) is 4.56. The van der Waals surface area contributed by atoms with Crippen molar-refractivity contribution >= 4 is 12.6 Å². The molecule has 3 fully saturated rings. The summed E-state index contributed by atoms with van der Waals surface area (Å²) in [5, 5.41) is 24.3. The van der Waals surface area contributed by atoms with Crippen molar-refractivity contribution in [2.24, 2.45) is 22.7 Å². The van der Waals surface area contributed by atoms with Crippen LogP contribution in [0.25, 0.3) is 0 Å². The van der Waals surface area contributed by atoms with Gasteiger partial charge in [0.25, 0.3) is 0 Å². The molecule has 3 nitrogen and oxygen atoms in total. The van der Waals surface area contributed by atoms with Gasteiger partial charge in [0.15, 0.2) is 0 Å². The van der Waals surface area contributed by atoms with E-state index in [1.165, 1.54) is 6.42 Å². The summed E-state index contributed by atoms with van der Waals surface area (Å²) in [4.78, 5) is 0. The maximum absolute atomic E-state index is 12.1. The lowest BCUT2D eigenvalue weighted by Crippen LogP contribution is -2.63. The molecule has 0 aromatic carbocycles. The van der Waals surface area contributed by atoms with E-state index in [1.54, 1.807) is 18.1 Å². The Morgan fingerprint density at radius 3 is 2.59 bits per heavy atom. The van der Waals surface area contributed by atoms with E-state index in [1.807, 2.05) is 6.07 Å². The average Bonchev–Trinajstić information content (AvgIpc) is 3.24. The Labute approximate surface area is 167 Å². The molecule has 2 unspecified atom stereocenters. The lowest BCUT2D eigenvalue weighted by Gasteiger charge is -2.62. The van der Waals surface area contributed by atoms with E-state index in [4.69, 9.17) is 17.0 Å². The van der Waals surface area contributed by atoms with Gasteiger partial charge < -0.3 is 14.6 Å². The lowest BCUT2D eigenvalue weighted by molar-refractivity contribution is -0.221. The lowest BCUT2D eigenvalue weighted by atomic mass is 9.44. The minimum Gasteiger partial charge on any atom is -0.472 e. The molecule has 1 aromatic heterocycles. The van der Waals surface area contributed by atoms with Gasteiger partial charge in [0.2, 0.25) is 0 Å². The Kier molecular flexibility index (Phi) is 3.85. The quantitative estimate of drug-likeness (QED) is 0.476. The SMILES string of the molecule is C[C@]12CCC(S)C=C1CC[C@@H]1[C@H]2CC[C@]2(C)C(O)(c3ccoc3)CC[C@@]12O. The summed E-state index contributed by atoms with van der Waals surface area (Å²) in [6.07, 6.45) is 13.3. The van der Waals surface area contributed by atoms with E-state index in [0.29, 0.717) is 24.0 Å². The fourth-order valence-electron chi connectivity index (χ4n) is 7.66. The van der Waals surface area contributed by atoms with Crippen LogP contribution in [-0.4, -0.2) is 21.1 Å². The Bertz CT molecular complexity index is 773. The van der Waals surface area contributed by atoms with Crippen LogP contribution in [0.2, 0.25) is 0 Å². The first-order valence-electron chi connectivity index (χ1n) is 10.6. The van der Waals surface area contributed by atoms with Crippen molar-refractivity contribution < 1.29 is 14.6 Å². The highest BCUT2D eigenvalue weighted by molar-refractivity contribution is 7.81. The molecule has 2 N–H and O–H groups in total. The van der Waals surface area contributed by atoms with Crippen LogP contribution < -0.4 is 0 Å². The van der Waals surface area contributed by atoms with E-state index >= 15 is 0 Å². The molecule has 0 spiro atoms. The molecular formula is C23H32O3S. The molecule has 4 aliphatic rings. The van der Waals surface area contributed by atoms with Crippen LogP contribution >= 0.6 is 12.6 Å². The number of fused-ring (bicyclic) bond motifs is 5. The number of hydrogen-bond acceptors (Lipinski definition) is 4. The highest BCUT2D eigenvalue weighted by Crippen LogP contribution is 2.71. The Morgan fingerprint density at radius 2 is 1.85 bits per heavy atom. The van der Waals surface area contributed by atoms with Crippen LogP contribution in [0.15, 0.2) is 34.7 Å². The van der Waals surface area contributed by atoms with Crippen LogP contribution in [0.4, 0.5) is 0 Å². The zero-order valence-corrected chi connectivity index (χ0v) is 17.3. The largest absolute Gasteiger partial charge is 0.472 e. The van der Waals surface area contributed by atoms with E-state index in [2.05, 4.69) is 19.9 Å². The molecule has 5 rings (SSSR count). The first-order valence-corrected chi connectivity index (χ1v) is 11.1. The molecule has 27 heavy (non-hydrogen) atoms. The molecule has 0 aliphatic heterocycles. The van der Waals surface area contributed by atoms with Crippen LogP contribution in [-0.2, 0) is 5.60 Å². The van der Waals surface area contributed by atoms with Crippen molar-refractivity contribution in [3.63, 3.8) is 0 Å². The second-order valence-electron chi connectivity index (χ2n) is 10.1. The molecule has 0 radical (unpaired) electrons. The van der Waals surface area contributed by atoms with Gasteiger partial charge in [-0.15, -0.1) is 0 Å². The predicted octanol–water partition coefficient (Wildman–Crippen LogP) is 4.84.